The van der Waals surface area contributed by atoms with E-state index in [1.165, 1.54) is 12.1 Å². The first-order valence-electron chi connectivity index (χ1n) is 5.96. The highest BCUT2D eigenvalue weighted by atomic mass is 32.1. The lowest BCUT2D eigenvalue weighted by Crippen LogP contribution is -2.30. The van der Waals surface area contributed by atoms with Crippen molar-refractivity contribution in [2.24, 2.45) is 0 Å². The summed E-state index contributed by atoms with van der Waals surface area (Å²) in [6, 6.07) is 8.23. The number of carbonyl (C=O) groups excluding carboxylic acids is 1. The summed E-state index contributed by atoms with van der Waals surface area (Å²) >= 11 is 1.62. The summed E-state index contributed by atoms with van der Waals surface area (Å²) in [6.07, 6.45) is 0. The smallest absolute Gasteiger partial charge is 0.238 e. The number of hydrogen-bond donors (Lipinski definition) is 2. The maximum atomic E-state index is 13.3. The van der Waals surface area contributed by atoms with Gasteiger partial charge in [-0.1, -0.05) is 12.1 Å². The fraction of sp³-hybridized carbons (Fsp3) is 0.214. The van der Waals surface area contributed by atoms with Crippen LogP contribution in [-0.2, 0) is 4.79 Å². The van der Waals surface area contributed by atoms with Crippen LogP contribution in [-0.4, -0.2) is 12.5 Å². The first kappa shape index (κ1) is 13.7. The molecule has 1 amide bonds. The van der Waals surface area contributed by atoms with Gasteiger partial charge in [0.05, 0.1) is 12.2 Å². The maximum absolute atomic E-state index is 13.3. The molecule has 0 radical (unpaired) electrons. The van der Waals surface area contributed by atoms with Crippen molar-refractivity contribution in [3.8, 4) is 0 Å². The normalized spacial score (nSPS) is 12.1. The molecule has 0 aliphatic heterocycles. The van der Waals surface area contributed by atoms with E-state index < -0.39 is 5.82 Å². The molecule has 1 heterocycles. The van der Waals surface area contributed by atoms with Crippen LogP contribution < -0.4 is 10.6 Å². The summed E-state index contributed by atoms with van der Waals surface area (Å²) < 4.78 is 13.3. The van der Waals surface area contributed by atoms with E-state index in [-0.39, 0.29) is 24.2 Å². The summed E-state index contributed by atoms with van der Waals surface area (Å²) in [5.41, 5.74) is 1.35. The highest BCUT2D eigenvalue weighted by molar-refractivity contribution is 7.07. The van der Waals surface area contributed by atoms with Gasteiger partial charge in [-0.3, -0.25) is 4.79 Å². The Morgan fingerprint density at radius 1 is 1.37 bits per heavy atom. The number of para-hydroxylation sites is 1. The van der Waals surface area contributed by atoms with Gasteiger partial charge in [-0.15, -0.1) is 0 Å². The van der Waals surface area contributed by atoms with Crippen LogP contribution in [0.25, 0.3) is 0 Å². The molecule has 0 saturated heterocycles. The third-order valence-electron chi connectivity index (χ3n) is 2.76. The largest absolute Gasteiger partial charge is 0.322 e. The molecule has 0 aliphatic carbocycles. The Kier molecular flexibility index (Phi) is 4.65. The van der Waals surface area contributed by atoms with Crippen LogP contribution in [0.4, 0.5) is 10.1 Å². The van der Waals surface area contributed by atoms with E-state index in [0.717, 1.165) is 5.56 Å². The molecule has 0 bridgehead atoms. The molecule has 0 aliphatic rings. The fourth-order valence-corrected chi connectivity index (χ4v) is 2.40. The van der Waals surface area contributed by atoms with Crippen LogP contribution in [0.15, 0.2) is 41.1 Å². The van der Waals surface area contributed by atoms with E-state index in [1.807, 2.05) is 23.8 Å². The van der Waals surface area contributed by atoms with Gasteiger partial charge in [0.2, 0.25) is 5.91 Å². The summed E-state index contributed by atoms with van der Waals surface area (Å²) in [5, 5.41) is 9.66. The van der Waals surface area contributed by atoms with E-state index in [9.17, 15) is 9.18 Å². The van der Waals surface area contributed by atoms with Gasteiger partial charge in [-0.25, -0.2) is 4.39 Å². The summed E-state index contributed by atoms with van der Waals surface area (Å²) in [7, 11) is 0. The maximum Gasteiger partial charge on any atom is 0.238 e. The van der Waals surface area contributed by atoms with E-state index in [0.29, 0.717) is 0 Å². The van der Waals surface area contributed by atoms with Gasteiger partial charge < -0.3 is 10.6 Å². The zero-order valence-corrected chi connectivity index (χ0v) is 11.3. The number of hydrogen-bond acceptors (Lipinski definition) is 3. The van der Waals surface area contributed by atoms with Crippen LogP contribution in [0.3, 0.4) is 0 Å². The molecule has 0 fully saturated rings. The monoisotopic (exact) mass is 278 g/mol. The van der Waals surface area contributed by atoms with E-state index in [1.54, 1.807) is 23.5 Å². The number of thiophene rings is 1. The topological polar surface area (TPSA) is 41.1 Å². The van der Waals surface area contributed by atoms with Gasteiger partial charge in [0.25, 0.3) is 0 Å². The molecule has 1 aromatic heterocycles. The Balaban J connectivity index is 1.84. The van der Waals surface area contributed by atoms with Gasteiger partial charge in [0.15, 0.2) is 0 Å². The number of amides is 1. The standard InChI is InChI=1S/C14H15FN2OS/c1-10(11-6-7-19-9-11)16-8-14(18)17-13-5-3-2-4-12(13)15/h2-7,9-10,16H,8H2,1H3,(H,17,18). The number of anilines is 1. The molecule has 0 saturated carbocycles. The average molecular weight is 278 g/mol. The number of rotatable bonds is 5. The van der Waals surface area contributed by atoms with E-state index in [4.69, 9.17) is 0 Å². The minimum absolute atomic E-state index is 0.0950. The van der Waals surface area contributed by atoms with Crippen molar-refractivity contribution in [3.63, 3.8) is 0 Å². The molecule has 3 nitrogen and oxygen atoms in total. The summed E-state index contributed by atoms with van der Waals surface area (Å²) in [5.74, 6) is -0.686. The minimum atomic E-state index is -0.429. The highest BCUT2D eigenvalue weighted by Crippen LogP contribution is 2.15. The van der Waals surface area contributed by atoms with Gasteiger partial charge in [-0.05, 0) is 41.4 Å². The molecule has 2 N–H and O–H groups in total. The molecule has 19 heavy (non-hydrogen) atoms. The zero-order chi connectivity index (χ0) is 13.7. The van der Waals surface area contributed by atoms with Crippen LogP contribution in [0, 0.1) is 5.82 Å². The first-order valence-corrected chi connectivity index (χ1v) is 6.91. The SMILES string of the molecule is CC(NCC(=O)Nc1ccccc1F)c1ccsc1. The highest BCUT2D eigenvalue weighted by Gasteiger charge is 2.09. The quantitative estimate of drug-likeness (QED) is 0.882. The molecule has 1 atom stereocenters. The molecule has 1 aromatic carbocycles. The number of benzene rings is 1. The molecular formula is C14H15FN2OS. The average Bonchev–Trinajstić information content (AvgIpc) is 2.93. The van der Waals surface area contributed by atoms with E-state index >= 15 is 0 Å². The summed E-state index contributed by atoms with van der Waals surface area (Å²) in [6.45, 7) is 2.13. The second-order valence-corrected chi connectivity index (χ2v) is 4.97. The van der Waals surface area contributed by atoms with Crippen LogP contribution in [0.1, 0.15) is 18.5 Å². The Morgan fingerprint density at radius 2 is 2.16 bits per heavy atom. The Bertz CT molecular complexity index is 542. The van der Waals surface area contributed by atoms with Crippen molar-refractivity contribution in [2.75, 3.05) is 11.9 Å². The molecule has 0 spiro atoms. The second kappa shape index (κ2) is 6.45. The molecule has 1 unspecified atom stereocenters. The molecule has 5 heteroatoms. The van der Waals surface area contributed by atoms with Crippen molar-refractivity contribution >= 4 is 22.9 Å². The van der Waals surface area contributed by atoms with Gasteiger partial charge in [-0.2, -0.15) is 11.3 Å². The molecule has 2 rings (SSSR count). The van der Waals surface area contributed by atoms with Gasteiger partial charge >= 0.3 is 0 Å². The zero-order valence-electron chi connectivity index (χ0n) is 10.5. The van der Waals surface area contributed by atoms with Crippen molar-refractivity contribution in [1.29, 1.82) is 0 Å². The van der Waals surface area contributed by atoms with Gasteiger partial charge in [0.1, 0.15) is 5.82 Å². The molecule has 2 aromatic rings. The number of carbonyl (C=O) groups is 1. The van der Waals surface area contributed by atoms with Crippen molar-refractivity contribution < 1.29 is 9.18 Å². The van der Waals surface area contributed by atoms with Gasteiger partial charge in [0, 0.05) is 6.04 Å². The summed E-state index contributed by atoms with van der Waals surface area (Å²) in [4.78, 5) is 11.7. The van der Waals surface area contributed by atoms with Crippen molar-refractivity contribution in [3.05, 3.63) is 52.5 Å². The lowest BCUT2D eigenvalue weighted by molar-refractivity contribution is -0.115. The van der Waals surface area contributed by atoms with Crippen LogP contribution in [0.2, 0.25) is 0 Å². The molecular weight excluding hydrogens is 263 g/mol. The van der Waals surface area contributed by atoms with E-state index in [2.05, 4.69) is 10.6 Å². The lowest BCUT2D eigenvalue weighted by atomic mass is 10.2. The predicted octanol–water partition coefficient (Wildman–Crippen LogP) is 3.18. The van der Waals surface area contributed by atoms with Crippen molar-refractivity contribution in [1.82, 2.24) is 5.32 Å². The fourth-order valence-electron chi connectivity index (χ4n) is 1.64. The first-order chi connectivity index (χ1) is 9.16. The minimum Gasteiger partial charge on any atom is -0.322 e. The lowest BCUT2D eigenvalue weighted by Gasteiger charge is -2.12. The Hall–Kier alpha value is -1.72. The third kappa shape index (κ3) is 3.87. The predicted molar refractivity (Wildman–Crippen MR) is 75.8 cm³/mol. The van der Waals surface area contributed by atoms with Crippen LogP contribution >= 0.6 is 11.3 Å². The number of nitrogens with one attached hydrogen (secondary N) is 2. The second-order valence-electron chi connectivity index (χ2n) is 4.19. The third-order valence-corrected chi connectivity index (χ3v) is 3.46. The molecule has 100 valence electrons. The number of halogens is 1. The Morgan fingerprint density at radius 3 is 2.84 bits per heavy atom. The Labute approximate surface area is 115 Å². The van der Waals surface area contributed by atoms with Crippen molar-refractivity contribution in [2.45, 2.75) is 13.0 Å². The van der Waals surface area contributed by atoms with Crippen LogP contribution in [0.5, 0.6) is 0 Å².